The van der Waals surface area contributed by atoms with E-state index in [4.69, 9.17) is 0 Å². The Balaban J connectivity index is 1.96. The van der Waals surface area contributed by atoms with Crippen LogP contribution >= 0.6 is 15.9 Å². The predicted molar refractivity (Wildman–Crippen MR) is 51.3 cm³/mol. The third-order valence-corrected chi connectivity index (χ3v) is 3.51. The quantitative estimate of drug-likeness (QED) is 0.664. The van der Waals surface area contributed by atoms with Gasteiger partial charge in [0.15, 0.2) is 0 Å². The van der Waals surface area contributed by atoms with Gasteiger partial charge in [-0.1, -0.05) is 15.9 Å². The van der Waals surface area contributed by atoms with Crippen molar-refractivity contribution in [2.45, 2.75) is 31.7 Å². The zero-order valence-corrected chi connectivity index (χ0v) is 8.72. The summed E-state index contributed by atoms with van der Waals surface area (Å²) in [6.07, 6.45) is 4.63. The highest BCUT2D eigenvalue weighted by molar-refractivity contribution is 9.09. The predicted octanol–water partition coefficient (Wildman–Crippen LogP) is 1.78. The van der Waals surface area contributed by atoms with Crippen molar-refractivity contribution in [3.8, 4) is 0 Å². The maximum Gasteiger partial charge on any atom is 0.225 e. The number of hydrogen-bond donors (Lipinski definition) is 0. The molecular weight excluding hydrogens is 218 g/mol. The molecular formula is C9H14BrNO. The van der Waals surface area contributed by atoms with Crippen molar-refractivity contribution in [2.75, 3.05) is 11.9 Å². The Bertz CT molecular complexity index is 191. The molecule has 0 bridgehead atoms. The molecule has 0 spiro atoms. The Hall–Kier alpha value is -0.0500. The molecule has 2 fully saturated rings. The fourth-order valence-electron chi connectivity index (χ4n) is 1.85. The summed E-state index contributed by atoms with van der Waals surface area (Å²) in [6.45, 7) is 0.992. The molecule has 3 heteroatoms. The van der Waals surface area contributed by atoms with Crippen LogP contribution in [0.15, 0.2) is 0 Å². The molecule has 1 heterocycles. The van der Waals surface area contributed by atoms with Crippen LogP contribution < -0.4 is 0 Å². The lowest BCUT2D eigenvalue weighted by Crippen LogP contribution is -2.37. The Morgan fingerprint density at radius 2 is 2.17 bits per heavy atom. The van der Waals surface area contributed by atoms with E-state index in [0.29, 0.717) is 17.9 Å². The molecule has 0 aromatic heterocycles. The molecule has 0 radical (unpaired) electrons. The number of nitrogens with zero attached hydrogens (tertiary/aromatic N) is 1. The van der Waals surface area contributed by atoms with Gasteiger partial charge in [0.1, 0.15) is 0 Å². The van der Waals surface area contributed by atoms with Crippen LogP contribution in [0.2, 0.25) is 0 Å². The average Bonchev–Trinajstić information content (AvgIpc) is 2.82. The fourth-order valence-corrected chi connectivity index (χ4v) is 2.52. The summed E-state index contributed by atoms with van der Waals surface area (Å²) in [5, 5.41) is 0.950. The summed E-state index contributed by atoms with van der Waals surface area (Å²) in [4.78, 5) is 13.8. The molecule has 0 aromatic rings. The highest BCUT2D eigenvalue weighted by atomic mass is 79.9. The number of rotatable bonds is 2. The minimum Gasteiger partial charge on any atom is -0.339 e. The smallest absolute Gasteiger partial charge is 0.225 e. The lowest BCUT2D eigenvalue weighted by molar-refractivity contribution is -0.132. The summed E-state index contributed by atoms with van der Waals surface area (Å²) in [6, 6.07) is 0.484. The van der Waals surface area contributed by atoms with Gasteiger partial charge in [-0.3, -0.25) is 4.79 Å². The number of halogens is 1. The van der Waals surface area contributed by atoms with Crippen LogP contribution in [-0.4, -0.2) is 28.7 Å². The van der Waals surface area contributed by atoms with Crippen molar-refractivity contribution in [1.82, 2.24) is 4.90 Å². The second-order valence-electron chi connectivity index (χ2n) is 3.76. The molecule has 2 aliphatic rings. The van der Waals surface area contributed by atoms with Gasteiger partial charge in [-0.2, -0.15) is 0 Å². The van der Waals surface area contributed by atoms with E-state index in [-0.39, 0.29) is 0 Å². The summed E-state index contributed by atoms with van der Waals surface area (Å²) in [7, 11) is 0. The largest absolute Gasteiger partial charge is 0.339 e. The molecule has 0 aromatic carbocycles. The van der Waals surface area contributed by atoms with Crippen LogP contribution in [0.5, 0.6) is 0 Å². The second-order valence-corrected chi connectivity index (χ2v) is 4.40. The van der Waals surface area contributed by atoms with Crippen molar-refractivity contribution in [2.24, 2.45) is 5.92 Å². The summed E-state index contributed by atoms with van der Waals surface area (Å²) in [5.41, 5.74) is 0. The molecule has 1 unspecified atom stereocenters. The second kappa shape index (κ2) is 3.36. The lowest BCUT2D eigenvalue weighted by atomic mass is 10.2. The van der Waals surface area contributed by atoms with Gasteiger partial charge in [-0.15, -0.1) is 0 Å². The van der Waals surface area contributed by atoms with Crippen LogP contribution in [0.3, 0.4) is 0 Å². The molecule has 1 aliphatic heterocycles. The SMILES string of the molecule is O=C(C1CC1)N1CCCC1CBr. The van der Waals surface area contributed by atoms with Crippen LogP contribution in [0.25, 0.3) is 0 Å². The van der Waals surface area contributed by atoms with E-state index >= 15 is 0 Å². The van der Waals surface area contributed by atoms with E-state index in [9.17, 15) is 4.79 Å². The van der Waals surface area contributed by atoms with Crippen molar-refractivity contribution in [3.05, 3.63) is 0 Å². The zero-order valence-electron chi connectivity index (χ0n) is 7.13. The third-order valence-electron chi connectivity index (χ3n) is 2.76. The van der Waals surface area contributed by atoms with Gasteiger partial charge in [0, 0.05) is 23.8 Å². The van der Waals surface area contributed by atoms with E-state index in [1.54, 1.807) is 0 Å². The maximum absolute atomic E-state index is 11.7. The van der Waals surface area contributed by atoms with E-state index in [0.717, 1.165) is 24.7 Å². The van der Waals surface area contributed by atoms with Gasteiger partial charge in [0.05, 0.1) is 0 Å². The van der Waals surface area contributed by atoms with E-state index < -0.39 is 0 Å². The fraction of sp³-hybridized carbons (Fsp3) is 0.889. The highest BCUT2D eigenvalue weighted by Crippen LogP contribution is 2.33. The monoisotopic (exact) mass is 231 g/mol. The normalized spacial score (nSPS) is 29.4. The van der Waals surface area contributed by atoms with Gasteiger partial charge in [-0.25, -0.2) is 0 Å². The van der Waals surface area contributed by atoms with E-state index in [1.165, 1.54) is 12.8 Å². The number of carbonyl (C=O) groups is 1. The molecule has 68 valence electrons. The number of amides is 1. The number of hydrogen-bond acceptors (Lipinski definition) is 1. The summed E-state index contributed by atoms with van der Waals surface area (Å²) in [5.74, 6) is 0.807. The zero-order chi connectivity index (χ0) is 8.55. The molecule has 1 aliphatic carbocycles. The first-order valence-corrected chi connectivity index (χ1v) is 5.81. The van der Waals surface area contributed by atoms with E-state index in [2.05, 4.69) is 20.8 Å². The van der Waals surface area contributed by atoms with Crippen molar-refractivity contribution >= 4 is 21.8 Å². The Kier molecular flexibility index (Phi) is 2.40. The minimum absolute atomic E-state index is 0.393. The van der Waals surface area contributed by atoms with Crippen molar-refractivity contribution in [1.29, 1.82) is 0 Å². The van der Waals surface area contributed by atoms with Gasteiger partial charge in [-0.05, 0) is 25.7 Å². The van der Waals surface area contributed by atoms with Crippen molar-refractivity contribution < 1.29 is 4.79 Å². The summed E-state index contributed by atoms with van der Waals surface area (Å²) >= 11 is 3.46. The molecule has 1 amide bonds. The standard InChI is InChI=1S/C9H14BrNO/c10-6-8-2-1-5-11(8)9(12)7-3-4-7/h7-8H,1-6H2. The average molecular weight is 232 g/mol. The molecule has 12 heavy (non-hydrogen) atoms. The molecule has 1 saturated heterocycles. The Morgan fingerprint density at radius 3 is 2.75 bits per heavy atom. The van der Waals surface area contributed by atoms with Crippen molar-refractivity contribution in [3.63, 3.8) is 0 Å². The van der Waals surface area contributed by atoms with Gasteiger partial charge < -0.3 is 4.90 Å². The number of likely N-dealkylation sites (tertiary alicyclic amines) is 1. The minimum atomic E-state index is 0.393. The number of alkyl halides is 1. The first kappa shape index (κ1) is 8.54. The summed E-state index contributed by atoms with van der Waals surface area (Å²) < 4.78 is 0. The molecule has 0 N–H and O–H groups in total. The lowest BCUT2D eigenvalue weighted by Gasteiger charge is -2.22. The molecule has 1 atom stereocenters. The van der Waals surface area contributed by atoms with Crippen LogP contribution in [0.1, 0.15) is 25.7 Å². The Labute approximate surface area is 81.4 Å². The maximum atomic E-state index is 11.7. The number of carbonyl (C=O) groups excluding carboxylic acids is 1. The van der Waals surface area contributed by atoms with E-state index in [1.807, 2.05) is 0 Å². The van der Waals surface area contributed by atoms with Gasteiger partial charge >= 0.3 is 0 Å². The van der Waals surface area contributed by atoms with Crippen LogP contribution in [0.4, 0.5) is 0 Å². The first-order valence-electron chi connectivity index (χ1n) is 4.69. The van der Waals surface area contributed by atoms with Crippen LogP contribution in [0, 0.1) is 5.92 Å². The van der Waals surface area contributed by atoms with Crippen LogP contribution in [-0.2, 0) is 4.79 Å². The molecule has 2 rings (SSSR count). The Morgan fingerprint density at radius 1 is 1.42 bits per heavy atom. The highest BCUT2D eigenvalue weighted by Gasteiger charge is 2.37. The first-order chi connectivity index (χ1) is 5.83. The van der Waals surface area contributed by atoms with Gasteiger partial charge in [0.2, 0.25) is 5.91 Å². The topological polar surface area (TPSA) is 20.3 Å². The molecule has 1 saturated carbocycles. The molecule has 2 nitrogen and oxygen atoms in total. The van der Waals surface area contributed by atoms with Gasteiger partial charge in [0.25, 0.3) is 0 Å². The third kappa shape index (κ3) is 1.51.